The Hall–Kier alpha value is -3.01. The minimum atomic E-state index is -0.204. The van der Waals surface area contributed by atoms with Gasteiger partial charge in [0.2, 0.25) is 0 Å². The van der Waals surface area contributed by atoms with Crippen LogP contribution in [0.2, 0.25) is 0 Å². The Morgan fingerprint density at radius 2 is 1.77 bits per heavy atom. The Kier molecular flexibility index (Phi) is 6.48. The van der Waals surface area contributed by atoms with E-state index in [-0.39, 0.29) is 17.5 Å². The van der Waals surface area contributed by atoms with Crippen molar-refractivity contribution in [2.75, 3.05) is 38.1 Å². The van der Waals surface area contributed by atoms with Gasteiger partial charge in [-0.2, -0.15) is 0 Å². The van der Waals surface area contributed by atoms with Crippen molar-refractivity contribution >= 4 is 51.7 Å². The Labute approximate surface area is 214 Å². The molecule has 2 saturated heterocycles. The van der Waals surface area contributed by atoms with Crippen LogP contribution < -0.4 is 10.5 Å². The average molecular weight is 506 g/mol. The number of likely N-dealkylation sites (N-methyl/N-ethyl adjacent to an activating group) is 1. The molecule has 7 nitrogen and oxygen atoms in total. The number of thiocarbonyl (C=S) groups is 1. The second kappa shape index (κ2) is 9.56. The van der Waals surface area contributed by atoms with Gasteiger partial charge in [0.15, 0.2) is 0 Å². The fraction of sp³-hybridized carbons (Fsp3) is 0.308. The molecule has 2 aliphatic rings. The van der Waals surface area contributed by atoms with Crippen LogP contribution in [0.5, 0.6) is 0 Å². The third-order valence-corrected chi connectivity index (χ3v) is 7.97. The summed E-state index contributed by atoms with van der Waals surface area (Å²) in [6.07, 6.45) is 3.42. The Balaban J connectivity index is 1.60. The summed E-state index contributed by atoms with van der Waals surface area (Å²) in [6, 6.07) is 13.4. The van der Waals surface area contributed by atoms with Crippen molar-refractivity contribution in [2.45, 2.75) is 19.9 Å². The first-order chi connectivity index (χ1) is 16.8. The maximum absolute atomic E-state index is 13.7. The molecule has 0 bridgehead atoms. The van der Waals surface area contributed by atoms with Crippen molar-refractivity contribution in [3.05, 3.63) is 80.6 Å². The highest BCUT2D eigenvalue weighted by Gasteiger charge is 2.36. The quantitative estimate of drug-likeness (QED) is 0.396. The van der Waals surface area contributed by atoms with E-state index in [4.69, 9.17) is 17.2 Å². The minimum Gasteiger partial charge on any atom is -0.353 e. The predicted molar refractivity (Wildman–Crippen MR) is 146 cm³/mol. The molecule has 0 unspecified atom stereocenters. The Morgan fingerprint density at radius 1 is 1.06 bits per heavy atom. The van der Waals surface area contributed by atoms with Gasteiger partial charge in [0.25, 0.3) is 11.5 Å². The molecule has 0 radical (unpaired) electrons. The van der Waals surface area contributed by atoms with E-state index in [1.807, 2.05) is 56.3 Å². The summed E-state index contributed by atoms with van der Waals surface area (Å²) in [4.78, 5) is 38.6. The number of aryl methyl sites for hydroxylation is 1. The number of amides is 1. The number of fused-ring (bicyclic) bond motifs is 1. The zero-order chi connectivity index (χ0) is 24.7. The number of carbonyl (C=O) groups is 1. The molecule has 2 fully saturated rings. The molecule has 1 aromatic carbocycles. The smallest absolute Gasteiger partial charge is 0.267 e. The molecule has 35 heavy (non-hydrogen) atoms. The molecule has 0 saturated carbocycles. The lowest BCUT2D eigenvalue weighted by molar-refractivity contribution is -0.123. The summed E-state index contributed by atoms with van der Waals surface area (Å²) in [5.41, 5.74) is 2.80. The zero-order valence-corrected chi connectivity index (χ0v) is 21.6. The molecule has 9 heteroatoms. The second-order valence-electron chi connectivity index (χ2n) is 8.97. The van der Waals surface area contributed by atoms with Crippen LogP contribution in [0, 0.1) is 6.92 Å². The SMILES string of the molecule is Cc1cccn2c(=O)c(/C=C3/SC(=S)N([C@H](C)c4ccccc4)C3=O)c(N3CCN(C)CC3)nc12. The van der Waals surface area contributed by atoms with Crippen molar-refractivity contribution in [1.29, 1.82) is 0 Å². The van der Waals surface area contributed by atoms with E-state index < -0.39 is 0 Å². The highest BCUT2D eigenvalue weighted by atomic mass is 32.2. The Bertz CT molecular complexity index is 1390. The Morgan fingerprint density at radius 3 is 2.49 bits per heavy atom. The van der Waals surface area contributed by atoms with Gasteiger partial charge in [-0.05, 0) is 44.2 Å². The molecular weight excluding hydrogens is 478 g/mol. The summed E-state index contributed by atoms with van der Waals surface area (Å²) in [5.74, 6) is 0.438. The van der Waals surface area contributed by atoms with Gasteiger partial charge < -0.3 is 9.80 Å². The first-order valence-corrected chi connectivity index (χ1v) is 12.8. The van der Waals surface area contributed by atoms with Gasteiger partial charge in [0.05, 0.1) is 16.5 Å². The van der Waals surface area contributed by atoms with Crippen LogP contribution in [0.1, 0.15) is 29.7 Å². The number of nitrogens with zero attached hydrogens (tertiary/aromatic N) is 5. The standard InChI is InChI=1S/C26H27N5O2S2/c1-17-8-7-11-30-22(17)27-23(29-14-12-28(3)13-15-29)20(24(30)32)16-21-25(33)31(26(34)35-21)18(2)19-9-5-4-6-10-19/h4-11,16,18H,12-15H2,1-3H3/b21-16+/t18-/m1/s1. The van der Waals surface area contributed by atoms with Crippen LogP contribution in [0.3, 0.4) is 0 Å². The molecule has 0 spiro atoms. The molecule has 5 rings (SSSR count). The van der Waals surface area contributed by atoms with E-state index in [1.165, 1.54) is 11.8 Å². The summed E-state index contributed by atoms with van der Waals surface area (Å²) in [5, 5.41) is 0. The number of benzene rings is 1. The van der Waals surface area contributed by atoms with Crippen LogP contribution in [0.15, 0.2) is 58.4 Å². The van der Waals surface area contributed by atoms with Crippen LogP contribution in [-0.4, -0.2) is 62.6 Å². The molecule has 0 N–H and O–H groups in total. The molecule has 2 aliphatic heterocycles. The number of rotatable bonds is 4. The molecule has 0 aliphatic carbocycles. The van der Waals surface area contributed by atoms with E-state index >= 15 is 0 Å². The summed E-state index contributed by atoms with van der Waals surface area (Å²) in [7, 11) is 2.09. The highest BCUT2D eigenvalue weighted by Crippen LogP contribution is 2.38. The van der Waals surface area contributed by atoms with Crippen molar-refractivity contribution < 1.29 is 4.79 Å². The largest absolute Gasteiger partial charge is 0.353 e. The van der Waals surface area contributed by atoms with Gasteiger partial charge in [-0.3, -0.25) is 18.9 Å². The lowest BCUT2D eigenvalue weighted by Crippen LogP contribution is -2.45. The number of hydrogen-bond acceptors (Lipinski definition) is 7. The first kappa shape index (κ1) is 23.7. The average Bonchev–Trinajstić information content (AvgIpc) is 3.14. The fourth-order valence-corrected chi connectivity index (χ4v) is 5.91. The topological polar surface area (TPSA) is 61.2 Å². The van der Waals surface area contributed by atoms with Crippen molar-refractivity contribution in [2.24, 2.45) is 0 Å². The van der Waals surface area contributed by atoms with Gasteiger partial charge in [-0.25, -0.2) is 4.98 Å². The lowest BCUT2D eigenvalue weighted by atomic mass is 10.1. The van der Waals surface area contributed by atoms with E-state index in [2.05, 4.69) is 16.8 Å². The van der Waals surface area contributed by atoms with E-state index in [0.717, 1.165) is 37.3 Å². The lowest BCUT2D eigenvalue weighted by Gasteiger charge is -2.34. The van der Waals surface area contributed by atoms with Crippen molar-refractivity contribution in [3.63, 3.8) is 0 Å². The second-order valence-corrected chi connectivity index (χ2v) is 10.6. The normalized spacial score (nSPS) is 19.2. The molecule has 3 aromatic rings. The van der Waals surface area contributed by atoms with Gasteiger partial charge in [0.1, 0.15) is 15.8 Å². The maximum atomic E-state index is 13.7. The van der Waals surface area contributed by atoms with Crippen molar-refractivity contribution in [1.82, 2.24) is 19.2 Å². The van der Waals surface area contributed by atoms with Gasteiger partial charge in [0, 0.05) is 32.4 Å². The monoisotopic (exact) mass is 505 g/mol. The molecule has 2 aromatic heterocycles. The third kappa shape index (κ3) is 4.39. The maximum Gasteiger partial charge on any atom is 0.267 e. The fourth-order valence-electron chi connectivity index (χ4n) is 4.51. The molecule has 4 heterocycles. The first-order valence-electron chi connectivity index (χ1n) is 11.6. The minimum absolute atomic E-state index is 0.186. The number of hydrogen-bond donors (Lipinski definition) is 0. The number of thioether (sulfide) groups is 1. The molecule has 180 valence electrons. The predicted octanol–water partition coefficient (Wildman–Crippen LogP) is 3.72. The number of carbonyl (C=O) groups excluding carboxylic acids is 1. The van der Waals surface area contributed by atoms with Crippen LogP contribution >= 0.6 is 24.0 Å². The van der Waals surface area contributed by atoms with Gasteiger partial charge in [-0.1, -0.05) is 60.4 Å². The zero-order valence-electron chi connectivity index (χ0n) is 20.0. The third-order valence-electron chi connectivity index (χ3n) is 6.64. The van der Waals surface area contributed by atoms with Crippen LogP contribution in [0.4, 0.5) is 5.82 Å². The summed E-state index contributed by atoms with van der Waals surface area (Å²) < 4.78 is 2.05. The van der Waals surface area contributed by atoms with Crippen LogP contribution in [-0.2, 0) is 4.79 Å². The summed E-state index contributed by atoms with van der Waals surface area (Å²) >= 11 is 6.84. The van der Waals surface area contributed by atoms with Gasteiger partial charge in [-0.15, -0.1) is 0 Å². The summed E-state index contributed by atoms with van der Waals surface area (Å²) in [6.45, 7) is 7.20. The molecule has 1 atom stereocenters. The molecule has 1 amide bonds. The number of piperazine rings is 1. The number of aromatic nitrogens is 2. The number of pyridine rings is 1. The van der Waals surface area contributed by atoms with Gasteiger partial charge >= 0.3 is 0 Å². The number of anilines is 1. The van der Waals surface area contributed by atoms with E-state index in [9.17, 15) is 9.59 Å². The van der Waals surface area contributed by atoms with Crippen molar-refractivity contribution in [3.8, 4) is 0 Å². The molecular formula is C26H27N5O2S2. The van der Waals surface area contributed by atoms with E-state index in [1.54, 1.807) is 21.6 Å². The van der Waals surface area contributed by atoms with E-state index in [0.29, 0.717) is 26.3 Å². The highest BCUT2D eigenvalue weighted by molar-refractivity contribution is 8.26. The van der Waals surface area contributed by atoms with Crippen LogP contribution in [0.25, 0.3) is 11.7 Å².